The zero-order chi connectivity index (χ0) is 50.9. The van der Waals surface area contributed by atoms with Gasteiger partial charge >= 0.3 is 23.5 Å². The minimum absolute atomic E-state index is 0.156. The standard InChI is InChI=1S/C13H18NO14P3.C13H15NO5.C12H15BrO5/c1-24-9-4-7(5-14)2-3-8(9)13-12(16)11(15)10(26-13)6-25-30(20,21)28-31(22,23)27-29(17,18)19;1-18-9-4-7(5-14)2-3-8(9)13-12(17)11(16)10(6-15)19-13;1-17-8-4-6(13)2-3-7(8)12-11(16)10(15)9(5-14)18-12/h2-4,10-13,15-16H,6H2,1H3,(H,20,21)(H,22,23)(H2,17,18,19);2-4,10-13,15-17H,6H2,1H3;2-4,9-12,14-16H,5H2,1H3/t2*10-,11?,12+,13+;9-,10?,11+,12+/m111/s1. The lowest BCUT2D eigenvalue weighted by Crippen LogP contribution is -2.33. The van der Waals surface area contributed by atoms with Crippen molar-refractivity contribution < 1.29 is 116 Å². The number of benzene rings is 3. The average molecular weight is 1090 g/mol. The van der Waals surface area contributed by atoms with E-state index < -0.39 is 103 Å². The van der Waals surface area contributed by atoms with Crippen LogP contribution in [0.15, 0.2) is 59.1 Å². The number of phosphoric ester groups is 1. The second kappa shape index (κ2) is 24.6. The van der Waals surface area contributed by atoms with Crippen LogP contribution in [0.5, 0.6) is 17.2 Å². The third kappa shape index (κ3) is 14.5. The lowest BCUT2D eigenvalue weighted by molar-refractivity contribution is -0.0233. The van der Waals surface area contributed by atoms with Gasteiger partial charge in [0.2, 0.25) is 0 Å². The number of hydrogen-bond acceptors (Lipinski definition) is 22. The molecule has 0 aliphatic carbocycles. The number of rotatable bonds is 15. The highest BCUT2D eigenvalue weighted by molar-refractivity contribution is 9.10. The maximum atomic E-state index is 11.8. The van der Waals surface area contributed by atoms with E-state index in [0.29, 0.717) is 28.2 Å². The molecule has 6 rings (SSSR count). The van der Waals surface area contributed by atoms with Crippen molar-refractivity contribution in [2.45, 2.75) is 73.2 Å². The molecule has 30 heteroatoms. The van der Waals surface area contributed by atoms with Gasteiger partial charge in [0.15, 0.2) is 0 Å². The van der Waals surface area contributed by atoms with Gasteiger partial charge in [-0.2, -0.15) is 19.1 Å². The fourth-order valence-corrected chi connectivity index (χ4v) is 10.2. The smallest absolute Gasteiger partial charge is 0.490 e. The van der Waals surface area contributed by atoms with Crippen molar-refractivity contribution >= 4 is 39.4 Å². The summed E-state index contributed by atoms with van der Waals surface area (Å²) in [6.07, 6.45) is -13.5. The molecule has 12 N–H and O–H groups in total. The van der Waals surface area contributed by atoms with Crippen LogP contribution in [0, 0.1) is 22.7 Å². The molecule has 3 aliphatic heterocycles. The van der Waals surface area contributed by atoms with Crippen LogP contribution < -0.4 is 14.2 Å². The molecule has 0 radical (unpaired) electrons. The van der Waals surface area contributed by atoms with Gasteiger partial charge in [0, 0.05) is 21.2 Å². The molecule has 0 spiro atoms. The summed E-state index contributed by atoms with van der Waals surface area (Å²) in [4.78, 5) is 35.6. The first-order valence-corrected chi connectivity index (χ1v) is 24.7. The number of methoxy groups -OCH3 is 3. The van der Waals surface area contributed by atoms with Crippen molar-refractivity contribution in [2.75, 3.05) is 41.2 Å². The van der Waals surface area contributed by atoms with E-state index in [9.17, 15) is 49.2 Å². The fourth-order valence-electron chi connectivity index (χ4n) is 6.88. The Hall–Kier alpha value is -3.51. The van der Waals surface area contributed by atoms with E-state index in [1.807, 2.05) is 12.1 Å². The monoisotopic (exact) mass is 1090 g/mol. The summed E-state index contributed by atoms with van der Waals surface area (Å²) in [5, 5.41) is 95.6. The molecule has 0 saturated carbocycles. The van der Waals surface area contributed by atoms with Gasteiger partial charge in [-0.3, -0.25) is 4.52 Å². The Morgan fingerprint density at radius 3 is 1.28 bits per heavy atom. The van der Waals surface area contributed by atoms with Crippen molar-refractivity contribution in [3.8, 4) is 29.4 Å². The van der Waals surface area contributed by atoms with E-state index in [1.54, 1.807) is 30.3 Å². The highest BCUT2D eigenvalue weighted by Gasteiger charge is 2.48. The van der Waals surface area contributed by atoms with Gasteiger partial charge < -0.3 is 88.8 Å². The zero-order valence-electron chi connectivity index (χ0n) is 35.6. The third-order valence-corrected chi connectivity index (χ3v) is 14.4. The molecule has 376 valence electrons. The maximum absolute atomic E-state index is 11.8. The Balaban J connectivity index is 0.000000235. The van der Waals surface area contributed by atoms with Crippen molar-refractivity contribution in [1.82, 2.24) is 0 Å². The van der Waals surface area contributed by atoms with Gasteiger partial charge in [0.25, 0.3) is 0 Å². The summed E-state index contributed by atoms with van der Waals surface area (Å²) in [6.45, 7) is -1.67. The normalized spacial score (nSPS) is 29.4. The Bertz CT molecular complexity index is 2420. The molecule has 14 atom stereocenters. The van der Waals surface area contributed by atoms with Crippen molar-refractivity contribution in [2.24, 2.45) is 0 Å². The van der Waals surface area contributed by atoms with Gasteiger partial charge in [0.05, 0.1) is 64.4 Å². The van der Waals surface area contributed by atoms with Gasteiger partial charge in [-0.25, -0.2) is 13.7 Å². The molecule has 0 aromatic heterocycles. The molecule has 68 heavy (non-hydrogen) atoms. The van der Waals surface area contributed by atoms with Crippen LogP contribution in [-0.4, -0.2) is 157 Å². The second-order valence-corrected chi connectivity index (χ2v) is 19.8. The van der Waals surface area contributed by atoms with Crippen LogP contribution in [0.2, 0.25) is 0 Å². The average Bonchev–Trinajstić information content (AvgIpc) is 3.87. The molecule has 0 bridgehead atoms. The van der Waals surface area contributed by atoms with E-state index in [2.05, 4.69) is 29.1 Å². The predicted molar refractivity (Wildman–Crippen MR) is 229 cm³/mol. The largest absolute Gasteiger partial charge is 0.496 e. The Morgan fingerprint density at radius 2 is 0.926 bits per heavy atom. The summed E-state index contributed by atoms with van der Waals surface area (Å²) in [5.74, 6) is 1.11. The number of phosphoric acid groups is 3. The Labute approximate surface area is 395 Å². The van der Waals surface area contributed by atoms with E-state index >= 15 is 0 Å². The predicted octanol–water partition coefficient (Wildman–Crippen LogP) is 0.404. The SMILES string of the molecule is COc1cc(Br)ccc1[C@@H]1O[C@H](CO)C(O)[C@@H]1O.COc1cc(C#N)ccc1[C@@H]1O[C@H](CO)C(O)[C@@H]1O.COc1cc(C#N)ccc1[C@@H]1O[C@H](COP(=O)(O)OP(=O)(O)OP(=O)(O)O)C(O)[C@@H]1O. The Morgan fingerprint density at radius 1 is 0.559 bits per heavy atom. The van der Waals surface area contributed by atoms with Crippen LogP contribution >= 0.6 is 39.4 Å². The molecule has 3 fully saturated rings. The zero-order valence-corrected chi connectivity index (χ0v) is 39.9. The van der Waals surface area contributed by atoms with Crippen molar-refractivity contribution in [1.29, 1.82) is 10.5 Å². The van der Waals surface area contributed by atoms with Gasteiger partial charge in [-0.15, -0.1) is 0 Å². The second-order valence-electron chi connectivity index (χ2n) is 14.5. The number of nitriles is 2. The Kier molecular flexibility index (Phi) is 20.6. The molecule has 26 nitrogen and oxygen atoms in total. The molecule has 5 unspecified atom stereocenters. The summed E-state index contributed by atoms with van der Waals surface area (Å²) >= 11 is 3.33. The van der Waals surface area contributed by atoms with E-state index in [-0.39, 0.29) is 30.1 Å². The first kappa shape index (κ1) is 57.1. The summed E-state index contributed by atoms with van der Waals surface area (Å²) in [7, 11) is -12.4. The number of ether oxygens (including phenoxy) is 6. The topological polar surface area (TPSA) is 425 Å². The number of hydrogen-bond donors (Lipinski definition) is 12. The summed E-state index contributed by atoms with van der Waals surface area (Å²) in [6, 6.07) is 18.1. The molecule has 3 saturated heterocycles. The molecule has 3 aromatic carbocycles. The van der Waals surface area contributed by atoms with Crippen molar-refractivity contribution in [3.05, 3.63) is 86.9 Å². The van der Waals surface area contributed by atoms with Gasteiger partial charge in [-0.1, -0.05) is 34.1 Å². The fraction of sp³-hybridized carbons (Fsp3) is 0.474. The number of aliphatic hydroxyl groups excluding tert-OH is 8. The molecule has 0 amide bonds. The lowest BCUT2D eigenvalue weighted by Gasteiger charge is -2.19. The molecular formula is C38H48BrN2O24P3. The van der Waals surface area contributed by atoms with E-state index in [0.717, 1.165) is 4.47 Å². The molecule has 3 aromatic rings. The van der Waals surface area contributed by atoms with Crippen molar-refractivity contribution in [3.63, 3.8) is 0 Å². The molecular weight excluding hydrogens is 1040 g/mol. The first-order valence-electron chi connectivity index (χ1n) is 19.4. The quantitative estimate of drug-likeness (QED) is 0.0917. The summed E-state index contributed by atoms with van der Waals surface area (Å²) in [5.41, 5.74) is 2.09. The van der Waals surface area contributed by atoms with Gasteiger partial charge in [0.1, 0.15) is 90.5 Å². The number of nitrogens with zero attached hydrogens (tertiary/aromatic N) is 2. The highest BCUT2D eigenvalue weighted by Crippen LogP contribution is 2.66. The lowest BCUT2D eigenvalue weighted by atomic mass is 9.99. The molecule has 3 heterocycles. The van der Waals surface area contributed by atoms with Crippen LogP contribution in [0.3, 0.4) is 0 Å². The maximum Gasteiger partial charge on any atom is 0.490 e. The first-order chi connectivity index (χ1) is 31.9. The number of aliphatic hydroxyl groups is 8. The van der Waals surface area contributed by atoms with Crippen LogP contribution in [-0.2, 0) is 41.1 Å². The van der Waals surface area contributed by atoms with Crippen LogP contribution in [0.25, 0.3) is 0 Å². The minimum atomic E-state index is -5.70. The summed E-state index contributed by atoms with van der Waals surface area (Å²) < 4.78 is 77.9. The number of halogens is 1. The minimum Gasteiger partial charge on any atom is -0.496 e. The molecule has 3 aliphatic rings. The van der Waals surface area contributed by atoms with Crippen LogP contribution in [0.1, 0.15) is 46.1 Å². The van der Waals surface area contributed by atoms with Gasteiger partial charge in [-0.05, 0) is 36.4 Å². The third-order valence-electron chi connectivity index (χ3n) is 10.1. The highest BCUT2D eigenvalue weighted by atomic mass is 79.9. The van der Waals surface area contributed by atoms with E-state index in [1.165, 1.54) is 45.6 Å². The van der Waals surface area contributed by atoms with Crippen LogP contribution in [0.4, 0.5) is 0 Å². The van der Waals surface area contributed by atoms with E-state index in [4.69, 9.17) is 63.8 Å².